The molecular weight excluding hydrogens is 544 g/mol. The first-order valence-corrected chi connectivity index (χ1v) is 14.9. The largest absolute Gasteiger partial charge is 0.477 e. The first-order chi connectivity index (χ1) is 18.5. The van der Waals surface area contributed by atoms with Gasteiger partial charge in [-0.05, 0) is 31.0 Å². The van der Waals surface area contributed by atoms with Crippen LogP contribution in [-0.2, 0) is 27.6 Å². The average molecular weight is 573 g/mol. The number of nitrogens with two attached hydrogens (primary N) is 1. The number of nitrogens with zero attached hydrogens (tertiary/aromatic N) is 5. The summed E-state index contributed by atoms with van der Waals surface area (Å²) in [5, 5.41) is 16.0. The number of aromatic nitrogens is 3. The number of anilines is 4. The van der Waals surface area contributed by atoms with Gasteiger partial charge in [-0.25, -0.2) is 18.2 Å². The molecule has 13 nitrogen and oxygen atoms in total. The molecule has 1 fully saturated rings. The van der Waals surface area contributed by atoms with E-state index in [0.29, 0.717) is 61.6 Å². The number of fused-ring (bicyclic) bond motifs is 1. The molecule has 3 aromatic rings. The summed E-state index contributed by atoms with van der Waals surface area (Å²) in [6.07, 6.45) is 1.85. The topological polar surface area (TPSA) is 184 Å². The number of carboxylic acids is 1. The molecule has 4 heterocycles. The zero-order valence-electron chi connectivity index (χ0n) is 21.3. The standard InChI is InChI=1S/C24H28N8O5S2/c1-13-18(22(34)35)38-24(27-13)30-23-28-20-16(21(29-23)32-10-8-26-17(12-32)19(25)33)7-9-31(20)11-14-3-5-15(6-4-14)39(2,36)37/h3-6,17,26H,7-12H2,1-2H3,(H2,25,33)(H,34,35)(H,27,28,29,30). The van der Waals surface area contributed by atoms with Gasteiger partial charge in [0.05, 0.1) is 10.6 Å². The molecule has 5 N–H and O–H groups in total. The number of carbonyl (C=O) groups excluding carboxylic acids is 1. The number of amides is 1. The summed E-state index contributed by atoms with van der Waals surface area (Å²) in [6.45, 7) is 4.31. The molecule has 1 amide bonds. The lowest BCUT2D eigenvalue weighted by Crippen LogP contribution is -2.56. The highest BCUT2D eigenvalue weighted by molar-refractivity contribution is 7.90. The number of sulfone groups is 1. The third kappa shape index (κ3) is 5.65. The van der Waals surface area contributed by atoms with Crippen LogP contribution in [0.25, 0.3) is 0 Å². The SMILES string of the molecule is Cc1nc(Nc2nc3c(c(N4CCNC(C(N)=O)C4)n2)CCN3Cc2ccc(S(C)(=O)=O)cc2)sc1C(=O)O. The second-order valence-corrected chi connectivity index (χ2v) is 12.5. The Balaban J connectivity index is 1.49. The van der Waals surface area contributed by atoms with Gasteiger partial charge in [-0.1, -0.05) is 23.5 Å². The van der Waals surface area contributed by atoms with Crippen molar-refractivity contribution in [3.05, 3.63) is 46.0 Å². The van der Waals surface area contributed by atoms with E-state index in [1.807, 2.05) is 4.90 Å². The Morgan fingerprint density at radius 3 is 2.54 bits per heavy atom. The fraction of sp³-hybridized carbons (Fsp3) is 0.375. The summed E-state index contributed by atoms with van der Waals surface area (Å²) in [5.74, 6) is 0.137. The molecule has 39 heavy (non-hydrogen) atoms. The van der Waals surface area contributed by atoms with Gasteiger partial charge in [0.2, 0.25) is 11.9 Å². The molecule has 0 bridgehead atoms. The van der Waals surface area contributed by atoms with Crippen LogP contribution in [0.4, 0.5) is 22.7 Å². The Labute approximate surface area is 229 Å². The normalized spacial score (nSPS) is 17.2. The summed E-state index contributed by atoms with van der Waals surface area (Å²) >= 11 is 0.999. The molecule has 1 unspecified atom stereocenters. The monoisotopic (exact) mass is 572 g/mol. The lowest BCUT2D eigenvalue weighted by Gasteiger charge is -2.34. The highest BCUT2D eigenvalue weighted by Crippen LogP contribution is 2.36. The predicted molar refractivity (Wildman–Crippen MR) is 147 cm³/mol. The molecule has 0 saturated carbocycles. The Morgan fingerprint density at radius 1 is 1.18 bits per heavy atom. The molecule has 2 aliphatic heterocycles. The Kier molecular flexibility index (Phi) is 7.13. The van der Waals surface area contributed by atoms with Gasteiger partial charge in [-0.3, -0.25) is 10.1 Å². The van der Waals surface area contributed by atoms with Gasteiger partial charge in [0.15, 0.2) is 15.0 Å². The van der Waals surface area contributed by atoms with E-state index in [9.17, 15) is 23.1 Å². The number of carboxylic acid groups (broad SMARTS) is 1. The molecule has 0 spiro atoms. The van der Waals surface area contributed by atoms with Gasteiger partial charge in [-0.15, -0.1) is 0 Å². The van der Waals surface area contributed by atoms with Gasteiger partial charge in [-0.2, -0.15) is 9.97 Å². The second-order valence-electron chi connectivity index (χ2n) is 9.48. The van der Waals surface area contributed by atoms with Crippen LogP contribution in [0.2, 0.25) is 0 Å². The third-order valence-electron chi connectivity index (χ3n) is 6.65. The smallest absolute Gasteiger partial charge is 0.347 e. The number of thiazole rings is 1. The van der Waals surface area contributed by atoms with Gasteiger partial charge in [0.25, 0.3) is 0 Å². The lowest BCUT2D eigenvalue weighted by atomic mass is 10.1. The zero-order chi connectivity index (χ0) is 27.9. The van der Waals surface area contributed by atoms with Crippen molar-refractivity contribution in [2.45, 2.75) is 30.8 Å². The Morgan fingerprint density at radius 2 is 1.90 bits per heavy atom. The van der Waals surface area contributed by atoms with E-state index < -0.39 is 27.8 Å². The van der Waals surface area contributed by atoms with Crippen molar-refractivity contribution in [1.82, 2.24) is 20.3 Å². The minimum absolute atomic E-state index is 0.129. The fourth-order valence-corrected chi connectivity index (χ4v) is 6.14. The van der Waals surface area contributed by atoms with E-state index in [-0.39, 0.29) is 15.7 Å². The van der Waals surface area contributed by atoms with Crippen molar-refractivity contribution in [2.24, 2.45) is 5.73 Å². The molecule has 0 aliphatic carbocycles. The maximum Gasteiger partial charge on any atom is 0.347 e. The predicted octanol–water partition coefficient (Wildman–Crippen LogP) is 0.913. The number of hydrogen-bond acceptors (Lipinski definition) is 12. The Hall–Kier alpha value is -3.82. The van der Waals surface area contributed by atoms with Crippen molar-refractivity contribution in [3.8, 4) is 0 Å². The quantitative estimate of drug-likeness (QED) is 0.300. The zero-order valence-corrected chi connectivity index (χ0v) is 23.0. The molecular formula is C24H28N8O5S2. The van der Waals surface area contributed by atoms with Crippen LogP contribution in [0, 0.1) is 6.92 Å². The van der Waals surface area contributed by atoms with Crippen molar-refractivity contribution in [1.29, 1.82) is 0 Å². The number of aryl methyl sites for hydroxylation is 1. The molecule has 1 saturated heterocycles. The summed E-state index contributed by atoms with van der Waals surface area (Å²) < 4.78 is 23.7. The summed E-state index contributed by atoms with van der Waals surface area (Å²) in [7, 11) is -3.29. The minimum atomic E-state index is -3.29. The number of nitrogens with one attached hydrogen (secondary N) is 2. The second kappa shape index (κ2) is 10.4. The lowest BCUT2D eigenvalue weighted by molar-refractivity contribution is -0.120. The number of piperazine rings is 1. The first kappa shape index (κ1) is 26.8. The molecule has 2 aromatic heterocycles. The molecule has 0 radical (unpaired) electrons. The highest BCUT2D eigenvalue weighted by atomic mass is 32.2. The summed E-state index contributed by atoms with van der Waals surface area (Å²) in [6, 6.07) is 6.24. The van der Waals surface area contributed by atoms with Crippen LogP contribution in [0.1, 0.15) is 26.5 Å². The van der Waals surface area contributed by atoms with Crippen molar-refractivity contribution in [3.63, 3.8) is 0 Å². The van der Waals surface area contributed by atoms with Gasteiger partial charge >= 0.3 is 5.97 Å². The van der Waals surface area contributed by atoms with Crippen LogP contribution in [0.3, 0.4) is 0 Å². The molecule has 5 rings (SSSR count). The van der Waals surface area contributed by atoms with Gasteiger partial charge in [0, 0.05) is 44.5 Å². The Bertz CT molecular complexity index is 1540. The van der Waals surface area contributed by atoms with E-state index in [0.717, 1.165) is 22.5 Å². The van der Waals surface area contributed by atoms with Gasteiger partial charge in [0.1, 0.15) is 22.6 Å². The maximum absolute atomic E-state index is 11.9. The molecule has 2 aliphatic rings. The first-order valence-electron chi connectivity index (χ1n) is 12.2. The summed E-state index contributed by atoms with van der Waals surface area (Å²) in [5.41, 5.74) is 7.80. The number of rotatable bonds is 8. The average Bonchev–Trinajstić information content (AvgIpc) is 3.46. The van der Waals surface area contributed by atoms with E-state index >= 15 is 0 Å². The minimum Gasteiger partial charge on any atom is -0.477 e. The third-order valence-corrected chi connectivity index (χ3v) is 8.84. The molecule has 206 valence electrons. The maximum atomic E-state index is 11.9. The van der Waals surface area contributed by atoms with Crippen LogP contribution < -0.4 is 26.2 Å². The van der Waals surface area contributed by atoms with E-state index in [2.05, 4.69) is 20.5 Å². The number of aromatic carboxylic acids is 1. The number of primary amides is 1. The van der Waals surface area contributed by atoms with Crippen molar-refractivity contribution in [2.75, 3.05) is 47.6 Å². The summed E-state index contributed by atoms with van der Waals surface area (Å²) in [4.78, 5) is 41.7. The molecule has 1 aromatic carbocycles. The number of benzene rings is 1. The van der Waals surface area contributed by atoms with E-state index in [1.54, 1.807) is 31.2 Å². The van der Waals surface area contributed by atoms with E-state index in [1.165, 1.54) is 6.26 Å². The van der Waals surface area contributed by atoms with Crippen LogP contribution >= 0.6 is 11.3 Å². The van der Waals surface area contributed by atoms with Crippen molar-refractivity contribution < 1.29 is 23.1 Å². The number of hydrogen-bond donors (Lipinski definition) is 4. The van der Waals surface area contributed by atoms with Crippen LogP contribution in [0.15, 0.2) is 29.2 Å². The van der Waals surface area contributed by atoms with Crippen LogP contribution in [-0.4, -0.2) is 78.8 Å². The molecule has 1 atom stereocenters. The van der Waals surface area contributed by atoms with Gasteiger partial charge < -0.3 is 26.0 Å². The van der Waals surface area contributed by atoms with Crippen molar-refractivity contribution >= 4 is 55.8 Å². The highest BCUT2D eigenvalue weighted by Gasteiger charge is 2.32. The number of carbonyl (C=O) groups is 2. The molecule has 15 heteroatoms. The van der Waals surface area contributed by atoms with E-state index in [4.69, 9.17) is 15.7 Å². The van der Waals surface area contributed by atoms with Crippen LogP contribution in [0.5, 0.6) is 0 Å². The fourth-order valence-electron chi connectivity index (χ4n) is 4.71.